The van der Waals surface area contributed by atoms with Gasteiger partial charge in [-0.15, -0.1) is 0 Å². The summed E-state index contributed by atoms with van der Waals surface area (Å²) in [5.41, 5.74) is 4.37. The lowest BCUT2D eigenvalue weighted by molar-refractivity contribution is 0.0904. The van der Waals surface area contributed by atoms with Crippen LogP contribution < -0.4 is 5.32 Å². The topological polar surface area (TPSA) is 108 Å². The van der Waals surface area contributed by atoms with Crippen molar-refractivity contribution in [2.24, 2.45) is 0 Å². The van der Waals surface area contributed by atoms with E-state index in [1.165, 1.54) is 17.1 Å². The molecule has 2 aromatic carbocycles. The third-order valence-corrected chi connectivity index (χ3v) is 10.2. The zero-order chi connectivity index (χ0) is 29.3. The Morgan fingerprint density at radius 2 is 1.79 bits per heavy atom. The molecule has 0 amide bonds. The largest absolute Gasteiger partial charge is 0.382 e. The number of H-pyrrole nitrogens is 1. The van der Waals surface area contributed by atoms with Crippen LogP contribution in [0.1, 0.15) is 58.6 Å². The summed E-state index contributed by atoms with van der Waals surface area (Å²) < 4.78 is 60.8. The zero-order valence-corrected chi connectivity index (χ0v) is 24.2. The molecular formula is C30H35F2N5O4S. The van der Waals surface area contributed by atoms with Crippen LogP contribution in [0, 0.1) is 11.6 Å². The van der Waals surface area contributed by atoms with Gasteiger partial charge in [0.05, 0.1) is 17.0 Å². The van der Waals surface area contributed by atoms with Crippen molar-refractivity contribution in [3.05, 3.63) is 76.1 Å². The van der Waals surface area contributed by atoms with Gasteiger partial charge in [0, 0.05) is 73.9 Å². The third-order valence-electron chi connectivity index (χ3n) is 8.36. The van der Waals surface area contributed by atoms with Crippen molar-refractivity contribution in [2.45, 2.75) is 62.6 Å². The maximum Gasteiger partial charge on any atom is 0.243 e. The lowest BCUT2D eigenvalue weighted by Crippen LogP contribution is -2.36. The molecule has 3 aliphatic heterocycles. The molecule has 2 saturated heterocycles. The highest BCUT2D eigenvalue weighted by Crippen LogP contribution is 2.29. The number of rotatable bonds is 9. The standard InChI is InChI=1S/C30H35F2N5O4S/c31-21-14-22(32)16-24(15-21)42(39,40)37-10-5-27-26(19-37)29(35-34-27)17-30(38)25-4-3-20(18-36-8-1-2-9-36)13-28(25)33-23-6-11-41-12-7-23/h3-4,13-16,23,33H,1-2,5-12,17-19H2,(H,34,35). The van der Waals surface area contributed by atoms with Gasteiger partial charge in [-0.25, -0.2) is 17.2 Å². The van der Waals surface area contributed by atoms with E-state index in [-0.39, 0.29) is 31.3 Å². The van der Waals surface area contributed by atoms with Crippen molar-refractivity contribution in [1.82, 2.24) is 19.4 Å². The summed E-state index contributed by atoms with van der Waals surface area (Å²) in [5.74, 6) is -2.05. The van der Waals surface area contributed by atoms with E-state index in [2.05, 4.69) is 26.5 Å². The molecule has 3 aliphatic rings. The monoisotopic (exact) mass is 599 g/mol. The number of aromatic amines is 1. The highest BCUT2D eigenvalue weighted by Gasteiger charge is 2.32. The fraction of sp³-hybridized carbons (Fsp3) is 0.467. The molecule has 12 heteroatoms. The molecule has 0 saturated carbocycles. The van der Waals surface area contributed by atoms with Gasteiger partial charge in [0.25, 0.3) is 0 Å². The fourth-order valence-electron chi connectivity index (χ4n) is 6.07. The molecule has 4 heterocycles. The molecule has 2 N–H and O–H groups in total. The summed E-state index contributed by atoms with van der Waals surface area (Å²) in [6.07, 6.45) is 4.45. The Labute approximate surface area is 244 Å². The molecule has 3 aromatic rings. The molecule has 224 valence electrons. The highest BCUT2D eigenvalue weighted by atomic mass is 32.2. The van der Waals surface area contributed by atoms with Crippen molar-refractivity contribution < 1.29 is 26.7 Å². The second kappa shape index (κ2) is 12.2. The molecule has 2 fully saturated rings. The Morgan fingerprint density at radius 3 is 2.52 bits per heavy atom. The van der Waals surface area contributed by atoms with Gasteiger partial charge in [-0.05, 0) is 68.6 Å². The second-order valence-electron chi connectivity index (χ2n) is 11.3. The van der Waals surface area contributed by atoms with Crippen LogP contribution in [-0.4, -0.2) is 72.5 Å². The van der Waals surface area contributed by atoms with Crippen LogP contribution >= 0.6 is 0 Å². The summed E-state index contributed by atoms with van der Waals surface area (Å²) in [5, 5.41) is 10.9. The first-order valence-electron chi connectivity index (χ1n) is 14.5. The Bertz CT molecular complexity index is 1550. The van der Waals surface area contributed by atoms with Gasteiger partial charge in [0.15, 0.2) is 5.78 Å². The summed E-state index contributed by atoms with van der Waals surface area (Å²) in [7, 11) is -4.16. The van der Waals surface area contributed by atoms with E-state index in [9.17, 15) is 22.0 Å². The number of aromatic nitrogens is 2. The molecule has 9 nitrogen and oxygen atoms in total. The van der Waals surface area contributed by atoms with Crippen LogP contribution in [0.2, 0.25) is 0 Å². The number of sulfonamides is 1. The average Bonchev–Trinajstić information content (AvgIpc) is 3.63. The van der Waals surface area contributed by atoms with Crippen LogP contribution in [0.15, 0.2) is 41.3 Å². The molecule has 0 atom stereocenters. The van der Waals surface area contributed by atoms with Gasteiger partial charge in [0.2, 0.25) is 10.0 Å². The first-order valence-corrected chi connectivity index (χ1v) is 15.9. The number of fused-ring (bicyclic) bond motifs is 1. The van der Waals surface area contributed by atoms with Crippen molar-refractivity contribution in [2.75, 3.05) is 38.2 Å². The number of hydrogen-bond acceptors (Lipinski definition) is 7. The van der Waals surface area contributed by atoms with E-state index < -0.39 is 26.6 Å². The number of likely N-dealkylation sites (tertiary alicyclic amines) is 1. The number of nitrogens with one attached hydrogen (secondary N) is 2. The SMILES string of the molecule is O=C(Cc1n[nH]c2c1CN(S(=O)(=O)c1cc(F)cc(F)c1)CC2)c1ccc(CN2CCCC2)cc1NC1CCOCC1. The van der Waals surface area contributed by atoms with Crippen LogP contribution in [-0.2, 0) is 40.7 Å². The van der Waals surface area contributed by atoms with Gasteiger partial charge < -0.3 is 10.1 Å². The molecule has 0 radical (unpaired) electrons. The van der Waals surface area contributed by atoms with Crippen molar-refractivity contribution >= 4 is 21.5 Å². The normalized spacial score (nSPS) is 18.7. The molecule has 42 heavy (non-hydrogen) atoms. The summed E-state index contributed by atoms with van der Waals surface area (Å²) in [6.45, 7) is 4.43. The molecule has 1 aromatic heterocycles. The van der Waals surface area contributed by atoms with Crippen LogP contribution in [0.5, 0.6) is 0 Å². The lowest BCUT2D eigenvalue weighted by atomic mass is 9.98. The smallest absolute Gasteiger partial charge is 0.243 e. The number of ether oxygens (including phenoxy) is 1. The van der Waals surface area contributed by atoms with Gasteiger partial charge in [-0.2, -0.15) is 9.40 Å². The Kier molecular flexibility index (Phi) is 8.39. The van der Waals surface area contributed by atoms with Gasteiger partial charge >= 0.3 is 0 Å². The van der Waals surface area contributed by atoms with Crippen LogP contribution in [0.3, 0.4) is 0 Å². The van der Waals surface area contributed by atoms with Gasteiger partial charge in [-0.1, -0.05) is 6.07 Å². The molecule has 0 unspecified atom stereocenters. The van der Waals surface area contributed by atoms with Crippen LogP contribution in [0.4, 0.5) is 14.5 Å². The number of anilines is 1. The van der Waals surface area contributed by atoms with Crippen molar-refractivity contribution in [3.8, 4) is 0 Å². The lowest BCUT2D eigenvalue weighted by Gasteiger charge is -2.27. The third kappa shape index (κ3) is 6.26. The Balaban J connectivity index is 1.23. The molecule has 0 spiro atoms. The number of nitrogens with zero attached hydrogens (tertiary/aromatic N) is 3. The van der Waals surface area contributed by atoms with E-state index in [0.717, 1.165) is 61.6 Å². The van der Waals surface area contributed by atoms with Gasteiger partial charge in [-0.3, -0.25) is 14.8 Å². The minimum Gasteiger partial charge on any atom is -0.382 e. The predicted molar refractivity (Wildman–Crippen MR) is 153 cm³/mol. The number of hydrogen-bond donors (Lipinski definition) is 2. The molecule has 6 rings (SSSR count). The zero-order valence-electron chi connectivity index (χ0n) is 23.4. The Morgan fingerprint density at radius 1 is 1.05 bits per heavy atom. The van der Waals surface area contributed by atoms with Crippen molar-refractivity contribution in [3.63, 3.8) is 0 Å². The van der Waals surface area contributed by atoms with Gasteiger partial charge in [0.1, 0.15) is 11.6 Å². The van der Waals surface area contributed by atoms with E-state index in [0.29, 0.717) is 42.5 Å². The molecule has 0 bridgehead atoms. The minimum atomic E-state index is -4.16. The van der Waals surface area contributed by atoms with E-state index in [4.69, 9.17) is 4.74 Å². The highest BCUT2D eigenvalue weighted by molar-refractivity contribution is 7.89. The van der Waals surface area contributed by atoms with Crippen molar-refractivity contribution in [1.29, 1.82) is 0 Å². The number of carbonyl (C=O) groups excluding carboxylic acids is 1. The number of carbonyl (C=O) groups is 1. The first-order chi connectivity index (χ1) is 20.3. The average molecular weight is 600 g/mol. The number of halogens is 2. The Hall–Kier alpha value is -3.19. The molecule has 0 aliphatic carbocycles. The quantitative estimate of drug-likeness (QED) is 0.358. The maximum absolute atomic E-state index is 13.8. The number of Topliss-reactive ketones (excluding diaryl/α,β-unsaturated/α-hetero) is 1. The van der Waals surface area contributed by atoms with E-state index in [1.807, 2.05) is 12.1 Å². The first kappa shape index (κ1) is 28.9. The summed E-state index contributed by atoms with van der Waals surface area (Å²) in [4.78, 5) is 15.7. The number of benzene rings is 2. The fourth-order valence-corrected chi connectivity index (χ4v) is 7.52. The summed E-state index contributed by atoms with van der Waals surface area (Å²) in [6, 6.07) is 8.43. The van der Waals surface area contributed by atoms with Crippen LogP contribution in [0.25, 0.3) is 0 Å². The number of ketones is 1. The summed E-state index contributed by atoms with van der Waals surface area (Å²) >= 11 is 0. The van der Waals surface area contributed by atoms with E-state index in [1.54, 1.807) is 0 Å². The van der Waals surface area contributed by atoms with E-state index >= 15 is 0 Å². The minimum absolute atomic E-state index is 0.0117. The predicted octanol–water partition coefficient (Wildman–Crippen LogP) is 4.05. The molecular weight excluding hydrogens is 564 g/mol. The second-order valence-corrected chi connectivity index (χ2v) is 13.3. The maximum atomic E-state index is 13.8.